The molecular formula is C12H17N3O2S. The van der Waals surface area contributed by atoms with Crippen LogP contribution in [-0.2, 0) is 23.2 Å². The lowest BCUT2D eigenvalue weighted by molar-refractivity contribution is 0.511. The fraction of sp³-hybridized carbons (Fsp3) is 0.500. The molecule has 0 unspecified atom stereocenters. The van der Waals surface area contributed by atoms with E-state index < -0.39 is 10.2 Å². The summed E-state index contributed by atoms with van der Waals surface area (Å²) in [5.74, 6) is 0. The first-order valence-corrected chi connectivity index (χ1v) is 7.55. The predicted molar refractivity (Wildman–Crippen MR) is 70.7 cm³/mol. The monoisotopic (exact) mass is 267 g/mol. The maximum absolute atomic E-state index is 12.1. The van der Waals surface area contributed by atoms with Gasteiger partial charge in [-0.05, 0) is 36.2 Å². The van der Waals surface area contributed by atoms with Gasteiger partial charge in [0.15, 0.2) is 0 Å². The minimum atomic E-state index is -3.30. The highest BCUT2D eigenvalue weighted by Gasteiger charge is 2.34. The molecule has 0 spiro atoms. The van der Waals surface area contributed by atoms with Gasteiger partial charge in [-0.25, -0.2) is 0 Å². The predicted octanol–water partition coefficient (Wildman–Crippen LogP) is 0.329. The Balaban J connectivity index is 1.98. The van der Waals surface area contributed by atoms with Crippen LogP contribution < -0.4 is 9.62 Å². The summed E-state index contributed by atoms with van der Waals surface area (Å²) in [5.41, 5.74) is 3.31. The Kier molecular flexibility index (Phi) is 2.80. The highest BCUT2D eigenvalue weighted by atomic mass is 32.2. The third kappa shape index (κ3) is 1.81. The van der Waals surface area contributed by atoms with Crippen molar-refractivity contribution in [3.05, 3.63) is 29.3 Å². The highest BCUT2D eigenvalue weighted by molar-refractivity contribution is 7.90. The maximum atomic E-state index is 12.1. The number of benzene rings is 1. The summed E-state index contributed by atoms with van der Waals surface area (Å²) in [5, 5.41) is 3.31. The van der Waals surface area contributed by atoms with Gasteiger partial charge in [0.1, 0.15) is 0 Å². The zero-order valence-corrected chi connectivity index (χ0v) is 11.2. The van der Waals surface area contributed by atoms with Gasteiger partial charge in [0.05, 0.1) is 5.69 Å². The van der Waals surface area contributed by atoms with E-state index in [2.05, 4.69) is 11.4 Å². The van der Waals surface area contributed by atoms with Gasteiger partial charge in [-0.1, -0.05) is 6.07 Å². The highest BCUT2D eigenvalue weighted by Crippen LogP contribution is 2.27. The molecule has 2 aliphatic rings. The lowest BCUT2D eigenvalue weighted by atomic mass is 10.0. The number of fused-ring (bicyclic) bond motifs is 1. The van der Waals surface area contributed by atoms with Crippen LogP contribution in [0.1, 0.15) is 11.1 Å². The molecule has 2 aliphatic heterocycles. The summed E-state index contributed by atoms with van der Waals surface area (Å²) >= 11 is 0. The standard InChI is InChI=1S/C12H17N3O2S/c1-14-6-7-15(18(14,16)17)12-3-2-10-4-5-13-9-11(10)8-12/h2-3,8,13H,4-7,9H2,1H3. The van der Waals surface area contributed by atoms with Crippen molar-refractivity contribution in [1.82, 2.24) is 9.62 Å². The third-order valence-corrected chi connectivity index (χ3v) is 5.58. The Hall–Kier alpha value is -1.11. The molecule has 0 atom stereocenters. The number of anilines is 1. The zero-order valence-electron chi connectivity index (χ0n) is 10.4. The van der Waals surface area contributed by atoms with Crippen molar-refractivity contribution in [2.45, 2.75) is 13.0 Å². The lowest BCUT2D eigenvalue weighted by Gasteiger charge is -2.22. The second-order valence-corrected chi connectivity index (χ2v) is 6.74. The summed E-state index contributed by atoms with van der Waals surface area (Å²) in [6.07, 6.45) is 1.02. The Morgan fingerprint density at radius 3 is 2.78 bits per heavy atom. The SMILES string of the molecule is CN1CCN(c2ccc3c(c2)CNCC3)S1(=O)=O. The van der Waals surface area contributed by atoms with Crippen LogP contribution in [0.5, 0.6) is 0 Å². The van der Waals surface area contributed by atoms with Gasteiger partial charge < -0.3 is 5.32 Å². The average Bonchev–Trinajstić information content (AvgIpc) is 2.64. The molecule has 3 rings (SSSR count). The molecule has 1 aromatic rings. The summed E-state index contributed by atoms with van der Waals surface area (Å²) < 4.78 is 27.1. The molecule has 1 aromatic carbocycles. The molecule has 0 aromatic heterocycles. The lowest BCUT2D eigenvalue weighted by Crippen LogP contribution is -2.31. The van der Waals surface area contributed by atoms with Crippen molar-refractivity contribution < 1.29 is 8.42 Å². The zero-order chi connectivity index (χ0) is 12.8. The fourth-order valence-corrected chi connectivity index (χ4v) is 3.86. The van der Waals surface area contributed by atoms with Crippen LogP contribution in [0.25, 0.3) is 0 Å². The van der Waals surface area contributed by atoms with Gasteiger partial charge >= 0.3 is 10.2 Å². The van der Waals surface area contributed by atoms with Crippen LogP contribution in [0, 0.1) is 0 Å². The van der Waals surface area contributed by atoms with Crippen LogP contribution in [0.4, 0.5) is 5.69 Å². The third-order valence-electron chi connectivity index (χ3n) is 3.65. The largest absolute Gasteiger partial charge is 0.312 e. The van der Waals surface area contributed by atoms with Crippen LogP contribution in [-0.4, -0.2) is 39.4 Å². The number of rotatable bonds is 1. The van der Waals surface area contributed by atoms with Gasteiger partial charge in [0.25, 0.3) is 0 Å². The maximum Gasteiger partial charge on any atom is 0.303 e. The molecule has 18 heavy (non-hydrogen) atoms. The number of nitrogens with zero attached hydrogens (tertiary/aromatic N) is 2. The van der Waals surface area contributed by atoms with E-state index in [-0.39, 0.29) is 0 Å². The van der Waals surface area contributed by atoms with Gasteiger partial charge in [0, 0.05) is 26.7 Å². The molecule has 0 amide bonds. The van der Waals surface area contributed by atoms with E-state index in [1.54, 1.807) is 7.05 Å². The summed E-state index contributed by atoms with van der Waals surface area (Å²) in [6, 6.07) is 5.97. The van der Waals surface area contributed by atoms with Gasteiger partial charge in [-0.15, -0.1) is 0 Å². The first-order valence-electron chi connectivity index (χ1n) is 6.15. The average molecular weight is 267 g/mol. The summed E-state index contributed by atoms with van der Waals surface area (Å²) in [4.78, 5) is 0. The van der Waals surface area contributed by atoms with Crippen molar-refractivity contribution in [2.75, 3.05) is 31.0 Å². The molecule has 1 saturated heterocycles. The molecule has 1 fully saturated rings. The second kappa shape index (κ2) is 4.22. The van der Waals surface area contributed by atoms with Crippen molar-refractivity contribution in [3.8, 4) is 0 Å². The molecular weight excluding hydrogens is 250 g/mol. The number of hydrogen-bond donors (Lipinski definition) is 1. The Labute approximate surface area is 108 Å². The van der Waals surface area contributed by atoms with E-state index in [4.69, 9.17) is 0 Å². The van der Waals surface area contributed by atoms with Gasteiger partial charge in [0.2, 0.25) is 0 Å². The van der Waals surface area contributed by atoms with Crippen molar-refractivity contribution in [2.24, 2.45) is 0 Å². The minimum absolute atomic E-state index is 0.533. The van der Waals surface area contributed by atoms with E-state index in [1.807, 2.05) is 12.1 Å². The van der Waals surface area contributed by atoms with Crippen molar-refractivity contribution >= 4 is 15.9 Å². The van der Waals surface area contributed by atoms with Gasteiger partial charge in [-0.2, -0.15) is 12.7 Å². The Morgan fingerprint density at radius 2 is 2.06 bits per heavy atom. The first kappa shape index (κ1) is 12.0. The van der Waals surface area contributed by atoms with Crippen LogP contribution in [0.3, 0.4) is 0 Å². The fourth-order valence-electron chi connectivity index (χ4n) is 2.51. The first-order chi connectivity index (χ1) is 8.59. The van der Waals surface area contributed by atoms with Crippen molar-refractivity contribution in [3.63, 3.8) is 0 Å². The molecule has 1 N–H and O–H groups in total. The van der Waals surface area contributed by atoms with E-state index >= 15 is 0 Å². The smallest absolute Gasteiger partial charge is 0.303 e. The molecule has 6 heteroatoms. The molecule has 98 valence electrons. The molecule has 0 radical (unpaired) electrons. The second-order valence-electron chi connectivity index (χ2n) is 4.78. The normalized spacial score (nSPS) is 23.1. The Morgan fingerprint density at radius 1 is 1.22 bits per heavy atom. The molecule has 2 heterocycles. The van der Waals surface area contributed by atoms with E-state index in [9.17, 15) is 8.42 Å². The quantitative estimate of drug-likeness (QED) is 0.798. The van der Waals surface area contributed by atoms with E-state index in [0.29, 0.717) is 13.1 Å². The van der Waals surface area contributed by atoms with Crippen LogP contribution >= 0.6 is 0 Å². The van der Waals surface area contributed by atoms with E-state index in [0.717, 1.165) is 25.2 Å². The van der Waals surface area contributed by atoms with E-state index in [1.165, 1.54) is 19.7 Å². The minimum Gasteiger partial charge on any atom is -0.312 e. The summed E-state index contributed by atoms with van der Waals surface area (Å²) in [6.45, 7) is 2.91. The number of hydrogen-bond acceptors (Lipinski definition) is 3. The van der Waals surface area contributed by atoms with Gasteiger partial charge in [-0.3, -0.25) is 4.31 Å². The van der Waals surface area contributed by atoms with Crippen molar-refractivity contribution in [1.29, 1.82) is 0 Å². The topological polar surface area (TPSA) is 52.6 Å². The molecule has 0 bridgehead atoms. The number of likely N-dealkylation sites (N-methyl/N-ethyl adjacent to an activating group) is 1. The Bertz CT molecular complexity index is 571. The number of nitrogens with one attached hydrogen (secondary N) is 1. The summed E-state index contributed by atoms with van der Waals surface area (Å²) in [7, 11) is -1.68. The van der Waals surface area contributed by atoms with Crippen LogP contribution in [0.2, 0.25) is 0 Å². The molecule has 5 nitrogen and oxygen atoms in total. The van der Waals surface area contributed by atoms with Crippen LogP contribution in [0.15, 0.2) is 18.2 Å². The molecule has 0 aliphatic carbocycles. The molecule has 0 saturated carbocycles.